The molecule has 0 bridgehead atoms. The maximum absolute atomic E-state index is 12.4. The van der Waals surface area contributed by atoms with Gasteiger partial charge in [-0.25, -0.2) is 8.42 Å². The van der Waals surface area contributed by atoms with Gasteiger partial charge in [0.05, 0.1) is 33.1 Å². The topological polar surface area (TPSA) is 96.0 Å². The minimum absolute atomic E-state index is 0.00457. The molecule has 8 heteroatoms. The zero-order valence-electron chi connectivity index (χ0n) is 10.5. The maximum atomic E-state index is 12.4. The summed E-state index contributed by atoms with van der Waals surface area (Å²) in [6.45, 7) is 0. The molecule has 0 aliphatic heterocycles. The summed E-state index contributed by atoms with van der Waals surface area (Å²) in [6.07, 6.45) is 0. The summed E-state index contributed by atoms with van der Waals surface area (Å²) >= 11 is 11.8. The van der Waals surface area contributed by atoms with Crippen LogP contribution in [0.15, 0.2) is 41.3 Å². The monoisotopic (exact) mass is 341 g/mol. The van der Waals surface area contributed by atoms with E-state index in [1.807, 2.05) is 6.07 Å². The molecule has 0 aliphatic carbocycles. The second-order valence-electron chi connectivity index (χ2n) is 4.07. The summed E-state index contributed by atoms with van der Waals surface area (Å²) in [5, 5.41) is 9.00. The third-order valence-corrected chi connectivity index (χ3v) is 4.84. The molecule has 2 aromatic carbocycles. The van der Waals surface area contributed by atoms with Crippen LogP contribution in [0.4, 0.5) is 11.4 Å². The van der Waals surface area contributed by atoms with Crippen molar-refractivity contribution in [3.8, 4) is 6.07 Å². The largest absolute Gasteiger partial charge is 0.398 e. The van der Waals surface area contributed by atoms with Crippen LogP contribution in [0.5, 0.6) is 0 Å². The van der Waals surface area contributed by atoms with Crippen LogP contribution in [0, 0.1) is 11.3 Å². The fourth-order valence-electron chi connectivity index (χ4n) is 1.68. The van der Waals surface area contributed by atoms with E-state index < -0.39 is 10.0 Å². The van der Waals surface area contributed by atoms with Crippen LogP contribution >= 0.6 is 23.2 Å². The van der Waals surface area contributed by atoms with Crippen molar-refractivity contribution in [2.24, 2.45) is 0 Å². The van der Waals surface area contributed by atoms with Crippen molar-refractivity contribution in [3.63, 3.8) is 0 Å². The lowest BCUT2D eigenvalue weighted by molar-refractivity contribution is 0.601. The number of nitrogens with zero attached hydrogens (tertiary/aromatic N) is 1. The Morgan fingerprint density at radius 1 is 1.14 bits per heavy atom. The Hall–Kier alpha value is -1.94. The normalized spacial score (nSPS) is 10.9. The molecule has 0 unspecified atom stereocenters. The number of anilines is 2. The number of rotatable bonds is 3. The van der Waals surface area contributed by atoms with Gasteiger partial charge in [0, 0.05) is 0 Å². The molecule has 0 amide bonds. The number of benzene rings is 2. The van der Waals surface area contributed by atoms with Crippen molar-refractivity contribution in [2.45, 2.75) is 4.90 Å². The summed E-state index contributed by atoms with van der Waals surface area (Å²) in [7, 11) is -4.02. The number of nitrogens with two attached hydrogens (primary N) is 1. The Morgan fingerprint density at radius 3 is 2.48 bits per heavy atom. The number of sulfonamides is 1. The summed E-state index contributed by atoms with van der Waals surface area (Å²) in [5.41, 5.74) is 6.03. The van der Waals surface area contributed by atoms with Gasteiger partial charge in [-0.3, -0.25) is 4.72 Å². The van der Waals surface area contributed by atoms with E-state index >= 15 is 0 Å². The number of nitrogen functional groups attached to an aromatic ring is 1. The van der Waals surface area contributed by atoms with E-state index in [0.29, 0.717) is 0 Å². The molecule has 2 aromatic rings. The Morgan fingerprint density at radius 2 is 1.86 bits per heavy atom. The zero-order chi connectivity index (χ0) is 15.6. The molecule has 0 fully saturated rings. The number of hydrogen-bond donors (Lipinski definition) is 2. The number of hydrogen-bond acceptors (Lipinski definition) is 4. The van der Waals surface area contributed by atoms with E-state index in [0.717, 1.165) is 0 Å². The summed E-state index contributed by atoms with van der Waals surface area (Å²) in [5.74, 6) is 0. The van der Waals surface area contributed by atoms with Crippen molar-refractivity contribution in [3.05, 3.63) is 52.0 Å². The van der Waals surface area contributed by atoms with Gasteiger partial charge in [-0.1, -0.05) is 29.3 Å². The third kappa shape index (κ3) is 3.22. The standard InChI is InChI=1S/C13H9Cl2N3O2S/c14-9-5-4-8(7-16)6-12(9)18-21(19,20)13-10(15)2-1-3-11(13)17/h1-6,18H,17H2. The molecule has 0 radical (unpaired) electrons. The van der Waals surface area contributed by atoms with Crippen molar-refractivity contribution in [2.75, 3.05) is 10.5 Å². The molecular formula is C13H9Cl2N3O2S. The quantitative estimate of drug-likeness (QED) is 0.837. The zero-order valence-corrected chi connectivity index (χ0v) is 12.8. The van der Waals surface area contributed by atoms with E-state index in [9.17, 15) is 8.42 Å². The lowest BCUT2D eigenvalue weighted by Gasteiger charge is -2.12. The van der Waals surface area contributed by atoms with Gasteiger partial charge in [-0.15, -0.1) is 0 Å². The van der Waals surface area contributed by atoms with E-state index in [-0.39, 0.29) is 31.9 Å². The molecule has 0 aliphatic rings. The molecule has 0 atom stereocenters. The fraction of sp³-hybridized carbons (Fsp3) is 0. The van der Waals surface area contributed by atoms with Crippen molar-refractivity contribution in [1.82, 2.24) is 0 Å². The Bertz CT molecular complexity index is 825. The first-order valence-corrected chi connectivity index (χ1v) is 7.85. The van der Waals surface area contributed by atoms with Crippen LogP contribution in [0.25, 0.3) is 0 Å². The molecule has 0 aromatic heterocycles. The molecule has 5 nitrogen and oxygen atoms in total. The predicted molar refractivity (Wildman–Crippen MR) is 82.8 cm³/mol. The summed E-state index contributed by atoms with van der Waals surface area (Å²) < 4.78 is 27.0. The van der Waals surface area contributed by atoms with Gasteiger partial charge in [-0.05, 0) is 30.3 Å². The molecule has 0 heterocycles. The minimum Gasteiger partial charge on any atom is -0.398 e. The SMILES string of the molecule is N#Cc1ccc(Cl)c(NS(=O)(=O)c2c(N)cccc2Cl)c1. The first kappa shape index (κ1) is 15.4. The second-order valence-corrected chi connectivity index (χ2v) is 6.50. The maximum Gasteiger partial charge on any atom is 0.265 e. The van der Waals surface area contributed by atoms with Crippen LogP contribution in [0.2, 0.25) is 10.0 Å². The highest BCUT2D eigenvalue weighted by Gasteiger charge is 2.22. The first-order chi connectivity index (χ1) is 9.85. The Labute approximate surface area is 132 Å². The van der Waals surface area contributed by atoms with Crippen molar-refractivity contribution >= 4 is 44.6 Å². The highest BCUT2D eigenvalue weighted by Crippen LogP contribution is 2.31. The number of nitriles is 1. The van der Waals surface area contributed by atoms with Crippen LogP contribution in [0.1, 0.15) is 5.56 Å². The summed E-state index contributed by atoms with van der Waals surface area (Å²) in [6, 6.07) is 10.5. The van der Waals surface area contributed by atoms with Crippen molar-refractivity contribution in [1.29, 1.82) is 5.26 Å². The van der Waals surface area contributed by atoms with Crippen LogP contribution in [-0.4, -0.2) is 8.42 Å². The van der Waals surface area contributed by atoms with E-state index in [1.165, 1.54) is 30.3 Å². The molecule has 21 heavy (non-hydrogen) atoms. The predicted octanol–water partition coefficient (Wildman–Crippen LogP) is 3.25. The first-order valence-electron chi connectivity index (χ1n) is 5.61. The van der Waals surface area contributed by atoms with Gasteiger partial charge < -0.3 is 5.73 Å². The molecule has 0 saturated carbocycles. The van der Waals surface area contributed by atoms with Crippen LogP contribution in [0.3, 0.4) is 0 Å². The minimum atomic E-state index is -4.02. The second kappa shape index (κ2) is 5.82. The summed E-state index contributed by atoms with van der Waals surface area (Å²) in [4.78, 5) is -0.231. The van der Waals surface area contributed by atoms with Crippen LogP contribution in [-0.2, 0) is 10.0 Å². The van der Waals surface area contributed by atoms with Gasteiger partial charge in [0.1, 0.15) is 4.90 Å². The van der Waals surface area contributed by atoms with E-state index in [4.69, 9.17) is 34.2 Å². The number of nitrogens with one attached hydrogen (secondary N) is 1. The van der Waals surface area contributed by atoms with Gasteiger partial charge in [0.15, 0.2) is 0 Å². The molecule has 0 spiro atoms. The van der Waals surface area contributed by atoms with E-state index in [2.05, 4.69) is 4.72 Å². The van der Waals surface area contributed by atoms with Crippen LogP contribution < -0.4 is 10.5 Å². The third-order valence-electron chi connectivity index (χ3n) is 2.61. The van der Waals surface area contributed by atoms with Gasteiger partial charge in [-0.2, -0.15) is 5.26 Å². The molecular weight excluding hydrogens is 333 g/mol. The van der Waals surface area contributed by atoms with Gasteiger partial charge in [0.25, 0.3) is 10.0 Å². The molecule has 2 rings (SSSR count). The van der Waals surface area contributed by atoms with Gasteiger partial charge in [0.2, 0.25) is 0 Å². The molecule has 0 saturated heterocycles. The Kier molecular flexibility index (Phi) is 4.28. The lowest BCUT2D eigenvalue weighted by atomic mass is 10.2. The average Bonchev–Trinajstić information content (AvgIpc) is 2.40. The Balaban J connectivity index is 2.50. The molecule has 108 valence electrons. The highest BCUT2D eigenvalue weighted by atomic mass is 35.5. The van der Waals surface area contributed by atoms with Gasteiger partial charge >= 0.3 is 0 Å². The fourth-order valence-corrected chi connectivity index (χ4v) is 3.65. The molecule has 3 N–H and O–H groups in total. The average molecular weight is 342 g/mol. The smallest absolute Gasteiger partial charge is 0.265 e. The number of halogens is 2. The van der Waals surface area contributed by atoms with Crippen molar-refractivity contribution < 1.29 is 8.42 Å². The highest BCUT2D eigenvalue weighted by molar-refractivity contribution is 7.93. The van der Waals surface area contributed by atoms with E-state index in [1.54, 1.807) is 6.07 Å². The lowest BCUT2D eigenvalue weighted by Crippen LogP contribution is -2.15.